The van der Waals surface area contributed by atoms with E-state index in [1.165, 1.54) is 11.3 Å². The van der Waals surface area contributed by atoms with E-state index in [9.17, 15) is 14.7 Å². The maximum absolute atomic E-state index is 11.7. The summed E-state index contributed by atoms with van der Waals surface area (Å²) in [4.78, 5) is 23.0. The van der Waals surface area contributed by atoms with Crippen molar-refractivity contribution in [3.05, 3.63) is 57.2 Å². The second kappa shape index (κ2) is 7.82. The molecule has 5 nitrogen and oxygen atoms in total. The lowest BCUT2D eigenvalue weighted by molar-refractivity contribution is -0.139. The van der Waals surface area contributed by atoms with E-state index in [4.69, 9.17) is 16.3 Å². The third-order valence-electron chi connectivity index (χ3n) is 2.92. The van der Waals surface area contributed by atoms with Crippen LogP contribution in [0.25, 0.3) is 0 Å². The van der Waals surface area contributed by atoms with Crippen LogP contribution in [0.4, 0.5) is 4.79 Å². The number of thiophene rings is 1. The molecule has 0 spiro atoms. The van der Waals surface area contributed by atoms with Gasteiger partial charge in [-0.15, -0.1) is 11.3 Å². The Morgan fingerprint density at radius 3 is 2.59 bits per heavy atom. The molecule has 0 bridgehead atoms. The van der Waals surface area contributed by atoms with E-state index in [-0.39, 0.29) is 13.0 Å². The lowest BCUT2D eigenvalue weighted by atomic mass is 10.1. The molecule has 1 atom stereocenters. The van der Waals surface area contributed by atoms with E-state index in [0.29, 0.717) is 9.90 Å². The van der Waals surface area contributed by atoms with Gasteiger partial charge in [-0.1, -0.05) is 41.9 Å². The molecule has 2 rings (SSSR count). The van der Waals surface area contributed by atoms with E-state index in [2.05, 4.69) is 5.32 Å². The summed E-state index contributed by atoms with van der Waals surface area (Å²) < 4.78 is 5.53. The first-order chi connectivity index (χ1) is 10.6. The summed E-state index contributed by atoms with van der Waals surface area (Å²) in [6.45, 7) is 0.0816. The van der Waals surface area contributed by atoms with Gasteiger partial charge in [-0.25, -0.2) is 9.59 Å². The Labute approximate surface area is 136 Å². The Morgan fingerprint density at radius 2 is 2.00 bits per heavy atom. The first kappa shape index (κ1) is 16.3. The Balaban J connectivity index is 1.89. The maximum atomic E-state index is 11.7. The molecule has 0 fully saturated rings. The van der Waals surface area contributed by atoms with Crippen LogP contribution in [0.15, 0.2) is 41.8 Å². The first-order valence-corrected chi connectivity index (χ1v) is 7.74. The summed E-state index contributed by atoms with van der Waals surface area (Å²) in [6, 6.07) is 9.79. The standard InChI is InChI=1S/C15H14ClNO4S/c16-13-11(6-7-22-13)8-12(14(18)19)17-15(20)21-9-10-4-2-1-3-5-10/h1-7,12H,8-9H2,(H,17,20)(H,18,19). The van der Waals surface area contributed by atoms with Crippen molar-refractivity contribution in [2.75, 3.05) is 0 Å². The highest BCUT2D eigenvalue weighted by Gasteiger charge is 2.22. The SMILES string of the molecule is O=C(NC(Cc1ccsc1Cl)C(=O)O)OCc1ccccc1. The monoisotopic (exact) mass is 339 g/mol. The number of carboxylic acids is 1. The molecular formula is C15H14ClNO4S. The molecule has 1 amide bonds. The number of aliphatic carboxylic acids is 1. The Kier molecular flexibility index (Phi) is 5.80. The minimum absolute atomic E-state index is 0.0816. The highest BCUT2D eigenvalue weighted by Crippen LogP contribution is 2.23. The molecular weight excluding hydrogens is 326 g/mol. The molecule has 1 unspecified atom stereocenters. The molecule has 116 valence electrons. The van der Waals surface area contributed by atoms with Crippen LogP contribution in [0.2, 0.25) is 4.34 Å². The first-order valence-electron chi connectivity index (χ1n) is 6.48. The molecule has 1 heterocycles. The normalized spacial score (nSPS) is 11.7. The van der Waals surface area contributed by atoms with Crippen LogP contribution in [0, 0.1) is 0 Å². The van der Waals surface area contributed by atoms with Gasteiger partial charge in [0.15, 0.2) is 0 Å². The fourth-order valence-corrected chi connectivity index (χ4v) is 2.74. The van der Waals surface area contributed by atoms with Gasteiger partial charge in [0.2, 0.25) is 0 Å². The van der Waals surface area contributed by atoms with Crippen molar-refractivity contribution in [2.45, 2.75) is 19.1 Å². The zero-order valence-electron chi connectivity index (χ0n) is 11.5. The number of hydrogen-bond acceptors (Lipinski definition) is 4. The summed E-state index contributed by atoms with van der Waals surface area (Å²) >= 11 is 7.26. The predicted octanol–water partition coefficient (Wildman–Crippen LogP) is 3.32. The summed E-state index contributed by atoms with van der Waals surface area (Å²) in [5.74, 6) is -1.14. The second-order valence-corrected chi connectivity index (χ2v) is 6.04. The number of alkyl carbamates (subject to hydrolysis) is 1. The molecule has 1 aromatic carbocycles. The minimum atomic E-state index is -1.14. The lowest BCUT2D eigenvalue weighted by Gasteiger charge is -2.14. The van der Waals surface area contributed by atoms with Gasteiger partial charge in [-0.2, -0.15) is 0 Å². The molecule has 7 heteroatoms. The number of halogens is 1. The summed E-state index contributed by atoms with van der Waals surface area (Å²) in [5, 5.41) is 13.3. The number of carbonyl (C=O) groups excluding carboxylic acids is 1. The van der Waals surface area contributed by atoms with Gasteiger partial charge in [0.05, 0.1) is 4.34 Å². The number of ether oxygens (including phenoxy) is 1. The quantitative estimate of drug-likeness (QED) is 0.846. The van der Waals surface area contributed by atoms with Crippen molar-refractivity contribution in [1.29, 1.82) is 0 Å². The molecule has 0 aliphatic rings. The van der Waals surface area contributed by atoms with Crippen LogP contribution >= 0.6 is 22.9 Å². The van der Waals surface area contributed by atoms with Crippen molar-refractivity contribution < 1.29 is 19.4 Å². The number of benzene rings is 1. The molecule has 0 radical (unpaired) electrons. The number of carbonyl (C=O) groups is 2. The van der Waals surface area contributed by atoms with Gasteiger partial charge >= 0.3 is 12.1 Å². The van der Waals surface area contributed by atoms with Crippen LogP contribution in [0.5, 0.6) is 0 Å². The Hall–Kier alpha value is -2.05. The van der Waals surface area contributed by atoms with E-state index >= 15 is 0 Å². The van der Waals surface area contributed by atoms with E-state index in [1.54, 1.807) is 11.4 Å². The van der Waals surface area contributed by atoms with Gasteiger partial charge in [0.25, 0.3) is 0 Å². The summed E-state index contributed by atoms with van der Waals surface area (Å²) in [6.07, 6.45) is -0.666. The third kappa shape index (κ3) is 4.75. The number of hydrogen-bond donors (Lipinski definition) is 2. The lowest BCUT2D eigenvalue weighted by Crippen LogP contribution is -2.42. The number of rotatable bonds is 6. The van der Waals surface area contributed by atoms with Gasteiger partial charge in [0, 0.05) is 6.42 Å². The van der Waals surface area contributed by atoms with E-state index in [1.807, 2.05) is 30.3 Å². The maximum Gasteiger partial charge on any atom is 0.408 e. The Bertz CT molecular complexity index is 644. The van der Waals surface area contributed by atoms with Crippen LogP contribution in [0.1, 0.15) is 11.1 Å². The fourth-order valence-electron chi connectivity index (χ4n) is 1.79. The number of carboxylic acid groups (broad SMARTS) is 1. The van der Waals surface area contributed by atoms with Gasteiger partial charge < -0.3 is 15.2 Å². The number of amides is 1. The van der Waals surface area contributed by atoms with Crippen molar-refractivity contribution in [3.8, 4) is 0 Å². The van der Waals surface area contributed by atoms with Gasteiger partial charge in [-0.05, 0) is 22.6 Å². The molecule has 0 aliphatic carbocycles. The molecule has 2 N–H and O–H groups in total. The van der Waals surface area contributed by atoms with Crippen molar-refractivity contribution in [3.63, 3.8) is 0 Å². The van der Waals surface area contributed by atoms with Crippen LogP contribution in [-0.4, -0.2) is 23.2 Å². The largest absolute Gasteiger partial charge is 0.480 e. The minimum Gasteiger partial charge on any atom is -0.480 e. The van der Waals surface area contributed by atoms with Gasteiger partial charge in [-0.3, -0.25) is 0 Å². The highest BCUT2D eigenvalue weighted by molar-refractivity contribution is 7.14. The van der Waals surface area contributed by atoms with Crippen molar-refractivity contribution in [1.82, 2.24) is 5.32 Å². The predicted molar refractivity (Wildman–Crippen MR) is 84.2 cm³/mol. The zero-order valence-corrected chi connectivity index (χ0v) is 13.1. The smallest absolute Gasteiger partial charge is 0.408 e. The summed E-state index contributed by atoms with van der Waals surface area (Å²) in [7, 11) is 0. The van der Waals surface area contributed by atoms with Gasteiger partial charge in [0.1, 0.15) is 12.6 Å². The molecule has 2 aromatic rings. The molecule has 22 heavy (non-hydrogen) atoms. The summed E-state index contributed by atoms with van der Waals surface area (Å²) in [5.41, 5.74) is 1.51. The average Bonchev–Trinajstić information content (AvgIpc) is 2.91. The zero-order chi connectivity index (χ0) is 15.9. The highest BCUT2D eigenvalue weighted by atomic mass is 35.5. The van der Waals surface area contributed by atoms with E-state index < -0.39 is 18.1 Å². The topological polar surface area (TPSA) is 75.6 Å². The van der Waals surface area contributed by atoms with Crippen LogP contribution in [0.3, 0.4) is 0 Å². The van der Waals surface area contributed by atoms with Crippen LogP contribution in [-0.2, 0) is 22.6 Å². The Morgan fingerprint density at radius 1 is 1.27 bits per heavy atom. The van der Waals surface area contributed by atoms with Crippen LogP contribution < -0.4 is 5.32 Å². The van der Waals surface area contributed by atoms with Crippen molar-refractivity contribution >= 4 is 35.0 Å². The number of nitrogens with one attached hydrogen (secondary N) is 1. The molecule has 0 aliphatic heterocycles. The third-order valence-corrected chi connectivity index (χ3v) is 4.17. The van der Waals surface area contributed by atoms with E-state index in [0.717, 1.165) is 5.56 Å². The second-order valence-electron chi connectivity index (χ2n) is 4.52. The molecule has 1 aromatic heterocycles. The average molecular weight is 340 g/mol. The van der Waals surface area contributed by atoms with Crippen molar-refractivity contribution in [2.24, 2.45) is 0 Å². The molecule has 0 saturated carbocycles. The fraction of sp³-hybridized carbons (Fsp3) is 0.200. The molecule has 0 saturated heterocycles.